The van der Waals surface area contributed by atoms with Crippen LogP contribution in [0.4, 0.5) is 9.59 Å². The van der Waals surface area contributed by atoms with Gasteiger partial charge < -0.3 is 20.1 Å². The molecule has 1 fully saturated rings. The molecule has 206 valence electrons. The van der Waals surface area contributed by atoms with Gasteiger partial charge in [0.2, 0.25) is 5.78 Å². The molecule has 0 aliphatic carbocycles. The monoisotopic (exact) mass is 543 g/mol. The first kappa shape index (κ1) is 29.2. The third-order valence-corrected chi connectivity index (χ3v) is 7.75. The lowest BCUT2D eigenvalue weighted by Gasteiger charge is -2.33. The summed E-state index contributed by atoms with van der Waals surface area (Å²) in [5, 5.41) is 9.22. The van der Waals surface area contributed by atoms with Gasteiger partial charge >= 0.3 is 12.2 Å². The van der Waals surface area contributed by atoms with Crippen molar-refractivity contribution in [3.05, 3.63) is 58.3 Å². The van der Waals surface area contributed by atoms with Crippen LogP contribution in [-0.2, 0) is 19.1 Å². The highest BCUT2D eigenvalue weighted by atomic mass is 32.1. The third kappa shape index (κ3) is 6.72. The fraction of sp³-hybridized carbons (Fsp3) is 0.500. The molecular formula is C28H37N3O6S. The van der Waals surface area contributed by atoms with E-state index < -0.39 is 41.4 Å². The van der Waals surface area contributed by atoms with Gasteiger partial charge in [-0.25, -0.2) is 9.59 Å². The SMILES string of the molecule is CCCC[C@H](NC(=O)O[C@@H]1CN(C(=O)OC)C(c2ccsc2)C1(C)C)C(=O)C(=O)N[C@H](C)c1ccccc1. The van der Waals surface area contributed by atoms with Crippen LogP contribution in [0.5, 0.6) is 0 Å². The van der Waals surface area contributed by atoms with Crippen LogP contribution in [0.15, 0.2) is 47.2 Å². The van der Waals surface area contributed by atoms with E-state index in [0.29, 0.717) is 12.8 Å². The molecule has 2 N–H and O–H groups in total. The number of ketones is 1. The van der Waals surface area contributed by atoms with E-state index in [9.17, 15) is 19.2 Å². The zero-order valence-electron chi connectivity index (χ0n) is 22.6. The molecule has 1 aliphatic heterocycles. The number of ether oxygens (including phenoxy) is 2. The van der Waals surface area contributed by atoms with Gasteiger partial charge in [-0.1, -0.05) is 63.9 Å². The van der Waals surface area contributed by atoms with E-state index in [2.05, 4.69) is 10.6 Å². The number of likely N-dealkylation sites (tertiary alicyclic amines) is 1. The molecule has 0 spiro atoms. The molecule has 3 amide bonds. The predicted molar refractivity (Wildman–Crippen MR) is 145 cm³/mol. The van der Waals surface area contributed by atoms with E-state index in [4.69, 9.17) is 9.47 Å². The molecule has 0 radical (unpaired) electrons. The van der Waals surface area contributed by atoms with Gasteiger partial charge in [-0.05, 0) is 41.3 Å². The number of carbonyl (C=O) groups excluding carboxylic acids is 4. The number of carbonyl (C=O) groups is 4. The Balaban J connectivity index is 1.70. The van der Waals surface area contributed by atoms with Gasteiger partial charge in [-0.15, -0.1) is 0 Å². The lowest BCUT2D eigenvalue weighted by Crippen LogP contribution is -2.49. The van der Waals surface area contributed by atoms with Crippen molar-refractivity contribution in [1.29, 1.82) is 0 Å². The topological polar surface area (TPSA) is 114 Å². The van der Waals surface area contributed by atoms with Crippen molar-refractivity contribution >= 4 is 35.2 Å². The number of nitrogens with zero attached hydrogens (tertiary/aromatic N) is 1. The molecule has 1 unspecified atom stereocenters. The second kappa shape index (κ2) is 12.9. The summed E-state index contributed by atoms with van der Waals surface area (Å²) in [7, 11) is 1.31. The quantitative estimate of drug-likeness (QED) is 0.408. The number of rotatable bonds is 10. The van der Waals surface area contributed by atoms with Crippen LogP contribution in [0.2, 0.25) is 0 Å². The maximum atomic E-state index is 13.1. The molecule has 10 heteroatoms. The summed E-state index contributed by atoms with van der Waals surface area (Å²) in [6.07, 6.45) is -0.256. The highest BCUT2D eigenvalue weighted by Gasteiger charge is 2.53. The van der Waals surface area contributed by atoms with E-state index in [1.54, 1.807) is 11.8 Å². The molecule has 9 nitrogen and oxygen atoms in total. The van der Waals surface area contributed by atoms with E-state index in [-0.39, 0.29) is 18.6 Å². The van der Waals surface area contributed by atoms with Crippen molar-refractivity contribution in [2.75, 3.05) is 13.7 Å². The van der Waals surface area contributed by atoms with E-state index in [1.807, 2.05) is 67.9 Å². The maximum absolute atomic E-state index is 13.1. The van der Waals surface area contributed by atoms with Crippen LogP contribution in [0, 0.1) is 5.41 Å². The standard InChI is InChI=1S/C28H37N3O6S/c1-6-7-13-21(23(32)25(33)29-18(2)19-11-9-8-10-12-19)30-26(34)37-22-16-31(27(35)36-5)24(28(22,3)4)20-14-15-38-17-20/h8-12,14-15,17-18,21-22,24H,6-7,13,16H2,1-5H3,(H,29,33)(H,30,34)/t18-,21+,22-,24?/m1/s1. The largest absolute Gasteiger partial charge is 0.453 e. The minimum absolute atomic E-state index is 0.135. The number of benzene rings is 1. The van der Waals surface area contributed by atoms with Crippen molar-refractivity contribution in [1.82, 2.24) is 15.5 Å². The zero-order chi connectivity index (χ0) is 27.9. The summed E-state index contributed by atoms with van der Waals surface area (Å²) in [5.41, 5.74) is 1.15. The first-order valence-electron chi connectivity index (χ1n) is 12.8. The molecule has 2 aromatic rings. The lowest BCUT2D eigenvalue weighted by atomic mass is 9.80. The maximum Gasteiger partial charge on any atom is 0.410 e. The molecular weight excluding hydrogens is 506 g/mol. The number of Topliss-reactive ketones (excluding diaryl/α,β-unsaturated/α-hetero) is 1. The summed E-state index contributed by atoms with van der Waals surface area (Å²) in [6.45, 7) is 7.74. The molecule has 1 saturated heterocycles. The van der Waals surface area contributed by atoms with E-state index in [0.717, 1.165) is 17.5 Å². The van der Waals surface area contributed by atoms with Crippen LogP contribution < -0.4 is 10.6 Å². The Morgan fingerprint density at radius 3 is 2.45 bits per heavy atom. The number of thiophene rings is 1. The number of nitrogens with one attached hydrogen (secondary N) is 2. The first-order valence-corrected chi connectivity index (χ1v) is 13.8. The highest BCUT2D eigenvalue weighted by molar-refractivity contribution is 7.08. The average molecular weight is 544 g/mol. The summed E-state index contributed by atoms with van der Waals surface area (Å²) >= 11 is 1.51. The highest BCUT2D eigenvalue weighted by Crippen LogP contribution is 2.48. The molecule has 3 rings (SSSR count). The van der Waals surface area contributed by atoms with Gasteiger partial charge in [-0.2, -0.15) is 11.3 Å². The summed E-state index contributed by atoms with van der Waals surface area (Å²) < 4.78 is 10.8. The second-order valence-electron chi connectivity index (χ2n) is 10.1. The number of amides is 3. The van der Waals surface area contributed by atoms with Crippen LogP contribution in [-0.4, -0.2) is 54.6 Å². The van der Waals surface area contributed by atoms with E-state index in [1.165, 1.54) is 18.4 Å². The summed E-state index contributed by atoms with van der Waals surface area (Å²) in [6, 6.07) is 9.49. The second-order valence-corrected chi connectivity index (χ2v) is 10.9. The Hall–Kier alpha value is -3.40. The molecule has 2 heterocycles. The Kier molecular flexibility index (Phi) is 9.90. The van der Waals surface area contributed by atoms with Gasteiger partial charge in [0.1, 0.15) is 12.1 Å². The Morgan fingerprint density at radius 2 is 1.84 bits per heavy atom. The van der Waals surface area contributed by atoms with Gasteiger partial charge in [0.25, 0.3) is 5.91 Å². The lowest BCUT2D eigenvalue weighted by molar-refractivity contribution is -0.139. The van der Waals surface area contributed by atoms with Crippen molar-refractivity contribution in [3.63, 3.8) is 0 Å². The molecule has 1 aromatic heterocycles. The molecule has 1 aliphatic rings. The normalized spacial score (nSPS) is 19.8. The fourth-order valence-electron chi connectivity index (χ4n) is 4.86. The molecule has 0 bridgehead atoms. The van der Waals surface area contributed by atoms with Gasteiger partial charge in [0.05, 0.1) is 25.7 Å². The van der Waals surface area contributed by atoms with Crippen LogP contribution in [0.25, 0.3) is 0 Å². The minimum atomic E-state index is -1.03. The Bertz CT molecular complexity index is 1110. The third-order valence-electron chi connectivity index (χ3n) is 7.05. The number of unbranched alkanes of at least 4 members (excludes halogenated alkanes) is 1. The fourth-order valence-corrected chi connectivity index (χ4v) is 5.54. The smallest absolute Gasteiger partial charge is 0.410 e. The van der Waals surface area contributed by atoms with E-state index >= 15 is 0 Å². The average Bonchev–Trinajstić information content (AvgIpc) is 3.51. The molecule has 4 atom stereocenters. The molecule has 0 saturated carbocycles. The number of methoxy groups -OCH3 is 1. The molecule has 1 aromatic carbocycles. The van der Waals surface area contributed by atoms with Crippen LogP contribution >= 0.6 is 11.3 Å². The van der Waals surface area contributed by atoms with Crippen molar-refractivity contribution in [3.8, 4) is 0 Å². The van der Waals surface area contributed by atoms with Crippen molar-refractivity contribution in [2.45, 2.75) is 71.2 Å². The van der Waals surface area contributed by atoms with Crippen molar-refractivity contribution in [2.24, 2.45) is 5.41 Å². The summed E-state index contributed by atoms with van der Waals surface area (Å²) in [4.78, 5) is 53.0. The zero-order valence-corrected chi connectivity index (χ0v) is 23.4. The molecule has 38 heavy (non-hydrogen) atoms. The van der Waals surface area contributed by atoms with Gasteiger partial charge in [0.15, 0.2) is 0 Å². The van der Waals surface area contributed by atoms with Gasteiger partial charge in [-0.3, -0.25) is 14.5 Å². The predicted octanol–water partition coefficient (Wildman–Crippen LogP) is 5.00. The number of alkyl carbamates (subject to hydrolysis) is 1. The number of hydrogen-bond donors (Lipinski definition) is 2. The van der Waals surface area contributed by atoms with Gasteiger partial charge in [0, 0.05) is 5.41 Å². The van der Waals surface area contributed by atoms with Crippen LogP contribution in [0.3, 0.4) is 0 Å². The summed E-state index contributed by atoms with van der Waals surface area (Å²) in [5.74, 6) is -1.49. The number of hydrogen-bond acceptors (Lipinski definition) is 7. The van der Waals surface area contributed by atoms with Crippen molar-refractivity contribution < 1.29 is 28.7 Å². The Morgan fingerprint density at radius 1 is 1.13 bits per heavy atom. The van der Waals surface area contributed by atoms with Crippen LogP contribution in [0.1, 0.15) is 70.2 Å². The Labute approximate surface area is 227 Å². The first-order chi connectivity index (χ1) is 18.1. The minimum Gasteiger partial charge on any atom is -0.453 e.